The van der Waals surface area contributed by atoms with E-state index in [1.807, 2.05) is 0 Å². The quantitative estimate of drug-likeness (QED) is 0.847. The first kappa shape index (κ1) is 12.0. The second-order valence-corrected chi connectivity index (χ2v) is 4.16. The Morgan fingerprint density at radius 3 is 2.88 bits per heavy atom. The van der Waals surface area contributed by atoms with Crippen LogP contribution in [0.5, 0.6) is 0 Å². The van der Waals surface area contributed by atoms with Crippen LogP contribution in [0.4, 0.5) is 8.78 Å². The van der Waals surface area contributed by atoms with Crippen LogP contribution in [0.3, 0.4) is 0 Å². The van der Waals surface area contributed by atoms with E-state index in [-0.39, 0.29) is 11.6 Å². The zero-order chi connectivity index (χ0) is 12.4. The molecule has 1 aromatic carbocycles. The SMILES string of the molecule is CN(C(=O)c1cccc(F)c1F)C1CCNC1. The molecule has 92 valence electrons. The highest BCUT2D eigenvalue weighted by molar-refractivity contribution is 5.94. The summed E-state index contributed by atoms with van der Waals surface area (Å²) in [4.78, 5) is 13.5. The third kappa shape index (κ3) is 2.29. The summed E-state index contributed by atoms with van der Waals surface area (Å²) >= 11 is 0. The highest BCUT2D eigenvalue weighted by Gasteiger charge is 2.26. The first-order valence-corrected chi connectivity index (χ1v) is 5.53. The molecule has 1 heterocycles. The molecule has 0 saturated carbocycles. The first-order chi connectivity index (χ1) is 8.11. The van der Waals surface area contributed by atoms with Crippen molar-refractivity contribution in [2.24, 2.45) is 0 Å². The van der Waals surface area contributed by atoms with Crippen molar-refractivity contribution in [3.05, 3.63) is 35.4 Å². The molecular weight excluding hydrogens is 226 g/mol. The van der Waals surface area contributed by atoms with Crippen LogP contribution in [-0.2, 0) is 0 Å². The summed E-state index contributed by atoms with van der Waals surface area (Å²) < 4.78 is 26.5. The molecule has 5 heteroatoms. The number of hydrogen-bond acceptors (Lipinski definition) is 2. The zero-order valence-electron chi connectivity index (χ0n) is 9.54. The maximum Gasteiger partial charge on any atom is 0.256 e. The summed E-state index contributed by atoms with van der Waals surface area (Å²) in [6.07, 6.45) is 0.833. The topological polar surface area (TPSA) is 32.3 Å². The van der Waals surface area contributed by atoms with Crippen LogP contribution in [0.25, 0.3) is 0 Å². The summed E-state index contributed by atoms with van der Waals surface area (Å²) in [5, 5.41) is 3.12. The lowest BCUT2D eigenvalue weighted by Crippen LogP contribution is -2.38. The predicted octanol–water partition coefficient (Wildman–Crippen LogP) is 1.40. The van der Waals surface area contributed by atoms with Gasteiger partial charge in [-0.2, -0.15) is 0 Å². The van der Waals surface area contributed by atoms with Crippen molar-refractivity contribution in [2.45, 2.75) is 12.5 Å². The monoisotopic (exact) mass is 240 g/mol. The second-order valence-electron chi connectivity index (χ2n) is 4.16. The Bertz CT molecular complexity index is 431. The number of carbonyl (C=O) groups excluding carboxylic acids is 1. The average Bonchev–Trinajstić information content (AvgIpc) is 2.84. The third-order valence-electron chi connectivity index (χ3n) is 3.08. The van der Waals surface area contributed by atoms with Crippen LogP contribution < -0.4 is 5.32 Å². The number of carbonyl (C=O) groups is 1. The smallest absolute Gasteiger partial charge is 0.256 e. The lowest BCUT2D eigenvalue weighted by Gasteiger charge is -2.24. The molecule has 1 atom stereocenters. The van der Waals surface area contributed by atoms with Gasteiger partial charge in [-0.1, -0.05) is 6.07 Å². The molecule has 1 aliphatic heterocycles. The standard InChI is InChI=1S/C12H14F2N2O/c1-16(8-5-6-15-7-8)12(17)9-3-2-4-10(13)11(9)14/h2-4,8,15H,5-7H2,1H3. The van der Waals surface area contributed by atoms with E-state index in [0.717, 1.165) is 19.0 Å². The van der Waals surface area contributed by atoms with E-state index >= 15 is 0 Å². The number of amides is 1. The minimum Gasteiger partial charge on any atom is -0.337 e. The van der Waals surface area contributed by atoms with Crippen molar-refractivity contribution in [3.8, 4) is 0 Å². The van der Waals surface area contributed by atoms with Gasteiger partial charge in [0, 0.05) is 19.6 Å². The molecule has 0 bridgehead atoms. The fourth-order valence-electron chi connectivity index (χ4n) is 1.99. The van der Waals surface area contributed by atoms with E-state index in [1.54, 1.807) is 7.05 Å². The van der Waals surface area contributed by atoms with E-state index in [2.05, 4.69) is 5.32 Å². The van der Waals surface area contributed by atoms with E-state index in [9.17, 15) is 13.6 Å². The number of rotatable bonds is 2. The Morgan fingerprint density at radius 2 is 2.24 bits per heavy atom. The highest BCUT2D eigenvalue weighted by atomic mass is 19.2. The molecule has 2 rings (SSSR count). The molecule has 0 radical (unpaired) electrons. The molecule has 1 aliphatic rings. The van der Waals surface area contributed by atoms with Crippen molar-refractivity contribution < 1.29 is 13.6 Å². The van der Waals surface area contributed by atoms with Gasteiger partial charge in [0.15, 0.2) is 11.6 Å². The summed E-state index contributed by atoms with van der Waals surface area (Å²) in [6.45, 7) is 1.53. The number of halogens is 2. The van der Waals surface area contributed by atoms with Gasteiger partial charge in [-0.05, 0) is 25.1 Å². The van der Waals surface area contributed by atoms with Crippen LogP contribution in [-0.4, -0.2) is 37.0 Å². The molecule has 1 fully saturated rings. The van der Waals surface area contributed by atoms with Gasteiger partial charge in [0.2, 0.25) is 0 Å². The largest absolute Gasteiger partial charge is 0.337 e. The number of likely N-dealkylation sites (N-methyl/N-ethyl adjacent to an activating group) is 1. The van der Waals surface area contributed by atoms with Crippen molar-refractivity contribution in [1.82, 2.24) is 10.2 Å². The number of nitrogens with one attached hydrogen (secondary N) is 1. The van der Waals surface area contributed by atoms with E-state index in [0.29, 0.717) is 6.54 Å². The fraction of sp³-hybridized carbons (Fsp3) is 0.417. The van der Waals surface area contributed by atoms with Gasteiger partial charge in [-0.3, -0.25) is 4.79 Å². The van der Waals surface area contributed by atoms with Crippen LogP contribution in [0.15, 0.2) is 18.2 Å². The molecular formula is C12H14F2N2O. The average molecular weight is 240 g/mol. The maximum absolute atomic E-state index is 13.5. The number of hydrogen-bond donors (Lipinski definition) is 1. The molecule has 1 amide bonds. The van der Waals surface area contributed by atoms with Crippen LogP contribution in [0.1, 0.15) is 16.8 Å². The van der Waals surface area contributed by atoms with Gasteiger partial charge >= 0.3 is 0 Å². The fourth-order valence-corrected chi connectivity index (χ4v) is 1.99. The molecule has 17 heavy (non-hydrogen) atoms. The Morgan fingerprint density at radius 1 is 1.47 bits per heavy atom. The molecule has 3 nitrogen and oxygen atoms in total. The van der Waals surface area contributed by atoms with Crippen LogP contribution in [0, 0.1) is 11.6 Å². The number of nitrogens with zero attached hydrogens (tertiary/aromatic N) is 1. The Balaban J connectivity index is 2.21. The van der Waals surface area contributed by atoms with Crippen LogP contribution >= 0.6 is 0 Å². The van der Waals surface area contributed by atoms with Gasteiger partial charge in [0.1, 0.15) is 0 Å². The van der Waals surface area contributed by atoms with Crippen molar-refractivity contribution >= 4 is 5.91 Å². The van der Waals surface area contributed by atoms with Gasteiger partial charge < -0.3 is 10.2 Å². The van der Waals surface area contributed by atoms with Gasteiger partial charge in [-0.15, -0.1) is 0 Å². The van der Waals surface area contributed by atoms with Gasteiger partial charge in [0.25, 0.3) is 5.91 Å². The van der Waals surface area contributed by atoms with Crippen molar-refractivity contribution in [3.63, 3.8) is 0 Å². The Labute approximate surface area is 98.4 Å². The maximum atomic E-state index is 13.5. The molecule has 0 spiro atoms. The van der Waals surface area contributed by atoms with Gasteiger partial charge in [-0.25, -0.2) is 8.78 Å². The minimum absolute atomic E-state index is 0.0465. The Kier molecular flexibility index (Phi) is 3.38. The lowest BCUT2D eigenvalue weighted by atomic mass is 10.1. The second kappa shape index (κ2) is 4.79. The summed E-state index contributed by atoms with van der Waals surface area (Å²) in [5.41, 5.74) is -0.209. The highest BCUT2D eigenvalue weighted by Crippen LogP contribution is 2.16. The van der Waals surface area contributed by atoms with E-state index in [1.165, 1.54) is 17.0 Å². The van der Waals surface area contributed by atoms with Gasteiger partial charge in [0.05, 0.1) is 5.56 Å². The summed E-state index contributed by atoms with van der Waals surface area (Å²) in [7, 11) is 1.62. The number of benzene rings is 1. The predicted molar refractivity (Wildman–Crippen MR) is 59.7 cm³/mol. The van der Waals surface area contributed by atoms with E-state index < -0.39 is 17.5 Å². The molecule has 1 unspecified atom stereocenters. The minimum atomic E-state index is -1.07. The normalized spacial score (nSPS) is 19.4. The van der Waals surface area contributed by atoms with E-state index in [4.69, 9.17) is 0 Å². The summed E-state index contributed by atoms with van der Waals surface area (Å²) in [6, 6.07) is 3.69. The Hall–Kier alpha value is -1.49. The lowest BCUT2D eigenvalue weighted by molar-refractivity contribution is 0.0738. The molecule has 1 N–H and O–H groups in total. The molecule has 0 aliphatic carbocycles. The van der Waals surface area contributed by atoms with Crippen molar-refractivity contribution in [2.75, 3.05) is 20.1 Å². The van der Waals surface area contributed by atoms with Crippen LogP contribution in [0.2, 0.25) is 0 Å². The molecule has 1 aromatic rings. The van der Waals surface area contributed by atoms with Crippen molar-refractivity contribution in [1.29, 1.82) is 0 Å². The molecule has 1 saturated heterocycles. The third-order valence-corrected chi connectivity index (χ3v) is 3.08. The zero-order valence-corrected chi connectivity index (χ0v) is 9.54. The first-order valence-electron chi connectivity index (χ1n) is 5.53. The molecule has 0 aromatic heterocycles. The summed E-state index contributed by atoms with van der Waals surface area (Å²) in [5.74, 6) is -2.54.